The highest BCUT2D eigenvalue weighted by Gasteiger charge is 2.23. The van der Waals surface area contributed by atoms with E-state index in [0.29, 0.717) is 0 Å². The zero-order chi connectivity index (χ0) is 16.8. The fourth-order valence-corrected chi connectivity index (χ4v) is 3.37. The Bertz CT molecular complexity index is 639. The summed E-state index contributed by atoms with van der Waals surface area (Å²) in [6.45, 7) is 10.2. The van der Waals surface area contributed by atoms with Gasteiger partial charge in [0.15, 0.2) is 11.0 Å². The molecule has 0 aliphatic rings. The first-order valence-corrected chi connectivity index (χ1v) is 8.79. The van der Waals surface area contributed by atoms with Gasteiger partial charge in [-0.05, 0) is 39.8 Å². The van der Waals surface area contributed by atoms with Crippen molar-refractivity contribution in [1.82, 2.24) is 24.6 Å². The molecule has 0 fully saturated rings. The van der Waals surface area contributed by atoms with Crippen molar-refractivity contribution in [3.8, 4) is 11.4 Å². The van der Waals surface area contributed by atoms with Crippen molar-refractivity contribution in [1.29, 1.82) is 0 Å². The Hall–Kier alpha value is -1.89. The van der Waals surface area contributed by atoms with Crippen LogP contribution < -0.4 is 0 Å². The molecule has 6 nitrogen and oxygen atoms in total. The van der Waals surface area contributed by atoms with Crippen LogP contribution in [0.25, 0.3) is 11.4 Å². The standard InChI is InChI=1S/C16H23N5OS/c1-5-20(6-2)15(22)12(4)23-16-19-18-14(21(16)7-3)13-8-10-17-11-9-13/h8-12H,5-7H2,1-4H3. The van der Waals surface area contributed by atoms with Gasteiger partial charge in [-0.2, -0.15) is 0 Å². The largest absolute Gasteiger partial charge is 0.342 e. The molecule has 1 unspecified atom stereocenters. The third-order valence-electron chi connectivity index (χ3n) is 3.68. The van der Waals surface area contributed by atoms with Crippen LogP contribution in [0.2, 0.25) is 0 Å². The van der Waals surface area contributed by atoms with Gasteiger partial charge < -0.3 is 9.47 Å². The highest BCUT2D eigenvalue weighted by molar-refractivity contribution is 8.00. The highest BCUT2D eigenvalue weighted by Crippen LogP contribution is 2.27. The van der Waals surface area contributed by atoms with Gasteiger partial charge in [0, 0.05) is 37.6 Å². The summed E-state index contributed by atoms with van der Waals surface area (Å²) in [4.78, 5) is 18.3. The molecule has 124 valence electrons. The minimum Gasteiger partial charge on any atom is -0.342 e. The quantitative estimate of drug-likeness (QED) is 0.729. The predicted octanol–water partition coefficient (Wildman–Crippen LogP) is 2.71. The molecule has 7 heteroatoms. The van der Waals surface area contributed by atoms with Crippen LogP contribution in [-0.2, 0) is 11.3 Å². The number of carbonyl (C=O) groups is 1. The minimum atomic E-state index is -0.185. The van der Waals surface area contributed by atoms with Gasteiger partial charge in [0.2, 0.25) is 5.91 Å². The fraction of sp³-hybridized carbons (Fsp3) is 0.500. The van der Waals surface area contributed by atoms with Crippen LogP contribution in [-0.4, -0.2) is 48.9 Å². The molecule has 1 atom stereocenters. The zero-order valence-electron chi connectivity index (χ0n) is 14.1. The van der Waals surface area contributed by atoms with Crippen LogP contribution in [0, 0.1) is 0 Å². The Morgan fingerprint density at radius 1 is 1.22 bits per heavy atom. The summed E-state index contributed by atoms with van der Waals surface area (Å²) in [7, 11) is 0. The van der Waals surface area contributed by atoms with Gasteiger partial charge in [-0.3, -0.25) is 9.78 Å². The molecule has 2 rings (SSSR count). The molecule has 0 saturated heterocycles. The van der Waals surface area contributed by atoms with E-state index in [1.165, 1.54) is 11.8 Å². The first-order chi connectivity index (χ1) is 11.1. The Kier molecular flexibility index (Phi) is 6.15. The second-order valence-electron chi connectivity index (χ2n) is 5.06. The molecular formula is C16H23N5OS. The summed E-state index contributed by atoms with van der Waals surface area (Å²) < 4.78 is 2.03. The van der Waals surface area contributed by atoms with E-state index < -0.39 is 0 Å². The highest BCUT2D eigenvalue weighted by atomic mass is 32.2. The average Bonchev–Trinajstić information content (AvgIpc) is 2.99. The molecule has 0 aliphatic carbocycles. The molecule has 0 bridgehead atoms. The maximum Gasteiger partial charge on any atom is 0.235 e. The first kappa shape index (κ1) is 17.5. The molecule has 0 aliphatic heterocycles. The summed E-state index contributed by atoms with van der Waals surface area (Å²) in [6, 6.07) is 3.82. The zero-order valence-corrected chi connectivity index (χ0v) is 14.9. The number of amides is 1. The van der Waals surface area contributed by atoms with Gasteiger partial charge in [-0.1, -0.05) is 11.8 Å². The Labute approximate surface area is 141 Å². The van der Waals surface area contributed by atoms with Crippen molar-refractivity contribution in [3.05, 3.63) is 24.5 Å². The van der Waals surface area contributed by atoms with Crippen LogP contribution in [0.5, 0.6) is 0 Å². The van der Waals surface area contributed by atoms with Gasteiger partial charge in [-0.25, -0.2) is 0 Å². The summed E-state index contributed by atoms with van der Waals surface area (Å²) in [5.74, 6) is 0.941. The van der Waals surface area contributed by atoms with Crippen LogP contribution in [0.3, 0.4) is 0 Å². The van der Waals surface area contributed by atoms with Crippen molar-refractivity contribution in [3.63, 3.8) is 0 Å². The van der Waals surface area contributed by atoms with E-state index in [9.17, 15) is 4.79 Å². The number of hydrogen-bond donors (Lipinski definition) is 0. The lowest BCUT2D eigenvalue weighted by Gasteiger charge is -2.22. The average molecular weight is 333 g/mol. The lowest BCUT2D eigenvalue weighted by Crippen LogP contribution is -2.36. The number of hydrogen-bond acceptors (Lipinski definition) is 5. The number of aromatic nitrogens is 4. The Morgan fingerprint density at radius 3 is 2.43 bits per heavy atom. The lowest BCUT2D eigenvalue weighted by molar-refractivity contribution is -0.129. The number of carbonyl (C=O) groups excluding carboxylic acids is 1. The van der Waals surface area contributed by atoms with Crippen LogP contribution in [0.4, 0.5) is 0 Å². The van der Waals surface area contributed by atoms with E-state index in [0.717, 1.165) is 36.2 Å². The third-order valence-corrected chi connectivity index (χ3v) is 4.74. The van der Waals surface area contributed by atoms with Crippen LogP contribution >= 0.6 is 11.8 Å². The van der Waals surface area contributed by atoms with E-state index in [-0.39, 0.29) is 11.2 Å². The van der Waals surface area contributed by atoms with Gasteiger partial charge in [-0.15, -0.1) is 10.2 Å². The molecule has 2 aromatic rings. The minimum absolute atomic E-state index is 0.135. The van der Waals surface area contributed by atoms with Gasteiger partial charge in [0.25, 0.3) is 0 Å². The van der Waals surface area contributed by atoms with Gasteiger partial charge in [0.05, 0.1) is 5.25 Å². The third kappa shape index (κ3) is 3.90. The predicted molar refractivity (Wildman–Crippen MR) is 92.2 cm³/mol. The van der Waals surface area contributed by atoms with Gasteiger partial charge >= 0.3 is 0 Å². The lowest BCUT2D eigenvalue weighted by atomic mass is 10.2. The van der Waals surface area contributed by atoms with Crippen LogP contribution in [0.1, 0.15) is 27.7 Å². The van der Waals surface area contributed by atoms with Crippen molar-refractivity contribution in [2.24, 2.45) is 0 Å². The normalized spacial score (nSPS) is 12.2. The maximum absolute atomic E-state index is 12.4. The van der Waals surface area contributed by atoms with Crippen molar-refractivity contribution in [2.75, 3.05) is 13.1 Å². The van der Waals surface area contributed by atoms with Crippen molar-refractivity contribution in [2.45, 2.75) is 44.6 Å². The van der Waals surface area contributed by atoms with Crippen molar-refractivity contribution >= 4 is 17.7 Å². The number of rotatable bonds is 7. The van der Waals surface area contributed by atoms with E-state index >= 15 is 0 Å². The monoisotopic (exact) mass is 333 g/mol. The molecule has 23 heavy (non-hydrogen) atoms. The smallest absolute Gasteiger partial charge is 0.235 e. The molecule has 0 N–H and O–H groups in total. The van der Waals surface area contributed by atoms with E-state index in [4.69, 9.17) is 0 Å². The fourth-order valence-electron chi connectivity index (χ4n) is 2.38. The van der Waals surface area contributed by atoms with Gasteiger partial charge in [0.1, 0.15) is 0 Å². The molecule has 2 aromatic heterocycles. The number of pyridine rings is 1. The summed E-state index contributed by atoms with van der Waals surface area (Å²) in [5, 5.41) is 9.16. The Balaban J connectivity index is 2.21. The molecule has 0 radical (unpaired) electrons. The van der Waals surface area contributed by atoms with E-state index in [1.807, 2.05) is 42.4 Å². The SMILES string of the molecule is CCN(CC)C(=O)C(C)Sc1nnc(-c2ccncc2)n1CC. The molecule has 2 heterocycles. The summed E-state index contributed by atoms with van der Waals surface area (Å²) >= 11 is 1.46. The van der Waals surface area contributed by atoms with E-state index in [1.54, 1.807) is 12.4 Å². The number of thioether (sulfide) groups is 1. The molecule has 0 aromatic carbocycles. The second kappa shape index (κ2) is 8.10. The molecular weight excluding hydrogens is 310 g/mol. The molecule has 0 spiro atoms. The Morgan fingerprint density at radius 2 is 1.87 bits per heavy atom. The van der Waals surface area contributed by atoms with E-state index in [2.05, 4.69) is 22.1 Å². The summed E-state index contributed by atoms with van der Waals surface area (Å²) in [6.07, 6.45) is 3.48. The molecule has 0 saturated carbocycles. The maximum atomic E-state index is 12.4. The van der Waals surface area contributed by atoms with Crippen molar-refractivity contribution < 1.29 is 4.79 Å². The molecule has 1 amide bonds. The second-order valence-corrected chi connectivity index (χ2v) is 6.36. The first-order valence-electron chi connectivity index (χ1n) is 7.91. The topological polar surface area (TPSA) is 63.9 Å². The van der Waals surface area contributed by atoms with Crippen LogP contribution in [0.15, 0.2) is 29.7 Å². The summed E-state index contributed by atoms with van der Waals surface area (Å²) in [5.41, 5.74) is 0.976. The number of nitrogens with zero attached hydrogens (tertiary/aromatic N) is 5.